The highest BCUT2D eigenvalue weighted by Gasteiger charge is 2.35. The van der Waals surface area contributed by atoms with E-state index in [-0.39, 0.29) is 23.9 Å². The van der Waals surface area contributed by atoms with Crippen molar-refractivity contribution in [2.75, 3.05) is 29.4 Å². The van der Waals surface area contributed by atoms with E-state index < -0.39 is 59.2 Å². The predicted molar refractivity (Wildman–Crippen MR) is 178 cm³/mol. The summed E-state index contributed by atoms with van der Waals surface area (Å²) in [6.07, 6.45) is -8.49. The Morgan fingerprint density at radius 2 is 1.09 bits per heavy atom. The van der Waals surface area contributed by atoms with Crippen LogP contribution in [0.5, 0.6) is 0 Å². The number of hydrogen-bond acceptors (Lipinski definition) is 7. The molecule has 3 saturated heterocycles. The van der Waals surface area contributed by atoms with Crippen LogP contribution in [-0.4, -0.2) is 70.7 Å². The first-order valence-electron chi connectivity index (χ1n) is 16.9. The molecule has 0 aliphatic carbocycles. The zero-order chi connectivity index (χ0) is 39.8. The molecule has 294 valence electrons. The van der Waals surface area contributed by atoms with Gasteiger partial charge in [0.05, 0.1) is 29.2 Å². The number of Topliss-reactive ketones (excluding diaryl/α,β-unsaturated/α-hetero) is 1. The molecule has 3 atom stereocenters. The van der Waals surface area contributed by atoms with Gasteiger partial charge in [-0.1, -0.05) is 0 Å². The lowest BCUT2D eigenvalue weighted by molar-refractivity contribution is -0.139. The van der Waals surface area contributed by atoms with Crippen molar-refractivity contribution in [3.8, 4) is 0 Å². The topological polar surface area (TPSA) is 123 Å². The van der Waals surface area contributed by atoms with Crippen LogP contribution < -0.4 is 15.1 Å². The number of carbonyl (C=O) groups excluding carboxylic acids is 1. The Balaban J connectivity index is 0.000000212. The maximum atomic E-state index is 12.7. The third kappa shape index (κ3) is 11.3. The van der Waals surface area contributed by atoms with Crippen molar-refractivity contribution >= 4 is 29.1 Å². The van der Waals surface area contributed by atoms with E-state index in [9.17, 15) is 53.9 Å². The van der Waals surface area contributed by atoms with Gasteiger partial charge >= 0.3 is 30.5 Å². The second-order valence-electron chi connectivity index (χ2n) is 12.8. The van der Waals surface area contributed by atoms with Crippen molar-refractivity contribution in [3.05, 3.63) is 89.2 Å². The number of ketones is 1. The smallest absolute Gasteiger partial charge is 0.417 e. The molecule has 0 radical (unpaired) electrons. The van der Waals surface area contributed by atoms with Crippen LogP contribution in [0.25, 0.3) is 0 Å². The molecule has 9 nitrogen and oxygen atoms in total. The third-order valence-electron chi connectivity index (χ3n) is 9.08. The fraction of sp³-hybridized carbons (Fsp3) is 0.444. The first-order chi connectivity index (χ1) is 25.3. The zero-order valence-corrected chi connectivity index (χ0v) is 28.5. The molecular formula is C36H37F9N4O5. The van der Waals surface area contributed by atoms with Gasteiger partial charge in [0, 0.05) is 36.4 Å². The van der Waals surface area contributed by atoms with E-state index in [0.29, 0.717) is 49.9 Å². The molecular weight excluding hydrogens is 739 g/mol. The number of rotatable bonds is 7. The van der Waals surface area contributed by atoms with Crippen LogP contribution in [0.3, 0.4) is 0 Å². The van der Waals surface area contributed by atoms with Gasteiger partial charge in [0.2, 0.25) is 0 Å². The molecule has 3 fully saturated rings. The minimum atomic E-state index is -4.50. The number of aliphatic carboxylic acids is 2. The number of nitrogens with zero attached hydrogens (tertiary/aromatic N) is 3. The Morgan fingerprint density at radius 3 is 1.46 bits per heavy atom. The number of carboxylic acid groups (broad SMARTS) is 2. The largest absolute Gasteiger partial charge is 0.480 e. The van der Waals surface area contributed by atoms with Crippen molar-refractivity contribution in [2.24, 2.45) is 0 Å². The average molecular weight is 777 g/mol. The Labute approximate surface area is 303 Å². The number of nitrogens with one attached hydrogen (secondary N) is 1. The van der Waals surface area contributed by atoms with Gasteiger partial charge in [-0.2, -0.15) is 39.5 Å². The predicted octanol–water partition coefficient (Wildman–Crippen LogP) is 7.48. The summed E-state index contributed by atoms with van der Waals surface area (Å²) in [4.78, 5) is 40.8. The zero-order valence-electron chi connectivity index (χ0n) is 28.5. The van der Waals surface area contributed by atoms with E-state index in [0.717, 1.165) is 62.2 Å². The number of aromatic nitrogens is 1. The van der Waals surface area contributed by atoms with E-state index in [1.165, 1.54) is 24.3 Å². The molecule has 3 aliphatic heterocycles. The minimum absolute atomic E-state index is 0.139. The van der Waals surface area contributed by atoms with Crippen LogP contribution in [0, 0.1) is 0 Å². The summed E-state index contributed by atoms with van der Waals surface area (Å²) in [5.41, 5.74) is -1.14. The first kappa shape index (κ1) is 41.9. The van der Waals surface area contributed by atoms with E-state index in [4.69, 9.17) is 10.2 Å². The number of halogens is 9. The lowest BCUT2D eigenvalue weighted by Crippen LogP contribution is -2.37. The molecule has 0 spiro atoms. The number of carbonyl (C=O) groups is 3. The average Bonchev–Trinajstić information content (AvgIpc) is 3.91. The van der Waals surface area contributed by atoms with Gasteiger partial charge in [0.25, 0.3) is 0 Å². The Hall–Kier alpha value is -4.87. The molecule has 3 aromatic rings. The van der Waals surface area contributed by atoms with Crippen molar-refractivity contribution in [1.29, 1.82) is 0 Å². The number of carboxylic acids is 2. The van der Waals surface area contributed by atoms with Crippen LogP contribution in [0.4, 0.5) is 50.9 Å². The van der Waals surface area contributed by atoms with Crippen LogP contribution in [0.15, 0.2) is 66.9 Å². The second-order valence-corrected chi connectivity index (χ2v) is 12.8. The van der Waals surface area contributed by atoms with Gasteiger partial charge < -0.3 is 25.3 Å². The van der Waals surface area contributed by atoms with Gasteiger partial charge in [0.1, 0.15) is 12.1 Å². The SMILES string of the molecule is O=C(Cc1ccc(C(F)(F)F)cn1)[C@@H]1CCCN1c1ccc(C(F)(F)F)cc1.O=C(O)[C@@H]1CCCN1.O=C(O)[C@@H]1CCCN1c1ccc(C(F)(F)F)cc1. The van der Waals surface area contributed by atoms with Crippen LogP contribution >= 0.6 is 0 Å². The quantitative estimate of drug-likeness (QED) is 0.210. The molecule has 4 heterocycles. The normalized spacial score (nSPS) is 20.1. The van der Waals surface area contributed by atoms with Crippen molar-refractivity contribution in [1.82, 2.24) is 10.3 Å². The molecule has 3 N–H and O–H groups in total. The minimum Gasteiger partial charge on any atom is -0.480 e. The van der Waals surface area contributed by atoms with Gasteiger partial charge in [-0.25, -0.2) is 4.79 Å². The maximum Gasteiger partial charge on any atom is 0.417 e. The summed E-state index contributed by atoms with van der Waals surface area (Å²) in [5, 5.41) is 20.2. The second kappa shape index (κ2) is 17.5. The molecule has 1 aromatic heterocycles. The summed E-state index contributed by atoms with van der Waals surface area (Å²) in [6, 6.07) is 9.77. The number of pyridine rings is 1. The van der Waals surface area contributed by atoms with Gasteiger partial charge in [-0.3, -0.25) is 14.6 Å². The van der Waals surface area contributed by atoms with E-state index in [2.05, 4.69) is 10.3 Å². The van der Waals surface area contributed by atoms with Gasteiger partial charge in [-0.15, -0.1) is 0 Å². The summed E-state index contributed by atoms with van der Waals surface area (Å²) in [5.74, 6) is -1.89. The lowest BCUT2D eigenvalue weighted by atomic mass is 10.0. The fourth-order valence-corrected chi connectivity index (χ4v) is 6.32. The molecule has 0 bridgehead atoms. The summed E-state index contributed by atoms with van der Waals surface area (Å²) in [6.45, 7) is 1.93. The van der Waals surface area contributed by atoms with Crippen molar-refractivity contribution in [3.63, 3.8) is 0 Å². The molecule has 3 aliphatic rings. The third-order valence-corrected chi connectivity index (χ3v) is 9.08. The molecule has 54 heavy (non-hydrogen) atoms. The monoisotopic (exact) mass is 776 g/mol. The van der Waals surface area contributed by atoms with E-state index in [1.807, 2.05) is 0 Å². The highest BCUT2D eigenvalue weighted by Crippen LogP contribution is 2.34. The van der Waals surface area contributed by atoms with E-state index >= 15 is 0 Å². The highest BCUT2D eigenvalue weighted by atomic mass is 19.4. The summed E-state index contributed by atoms with van der Waals surface area (Å²) < 4.78 is 113. The van der Waals surface area contributed by atoms with Gasteiger partial charge in [0.15, 0.2) is 5.78 Å². The van der Waals surface area contributed by atoms with E-state index in [1.54, 1.807) is 9.80 Å². The number of benzene rings is 2. The molecule has 0 amide bonds. The van der Waals surface area contributed by atoms with Crippen molar-refractivity contribution in [2.45, 2.75) is 81.6 Å². The Kier molecular flexibility index (Phi) is 13.6. The fourth-order valence-electron chi connectivity index (χ4n) is 6.32. The Morgan fingerprint density at radius 1 is 0.630 bits per heavy atom. The number of anilines is 2. The first-order valence-corrected chi connectivity index (χ1v) is 16.9. The molecule has 0 saturated carbocycles. The molecule has 18 heteroatoms. The summed E-state index contributed by atoms with van der Waals surface area (Å²) >= 11 is 0. The number of hydrogen-bond donors (Lipinski definition) is 3. The van der Waals surface area contributed by atoms with Crippen LogP contribution in [0.1, 0.15) is 60.9 Å². The maximum absolute atomic E-state index is 12.7. The number of alkyl halides is 9. The Bertz CT molecular complexity index is 1710. The standard InChI is InChI=1S/C19H16F6N2O.C12H12F3NO2.C5H9NO2/c20-18(21,22)12-4-7-15(8-5-12)27-9-1-2-16(27)17(28)10-14-6-3-13(11-26-14)19(23,24)25;13-12(14,15)8-3-5-9(6-4-8)16-7-1-2-10(16)11(17)18;7-5(8)4-2-1-3-6-4/h3-8,11,16H,1-2,9-10H2;3-6,10H,1-2,7H2,(H,17,18);4,6H,1-3H2,(H,7,8)/t16-;10-;4-/m000/s1. The van der Waals surface area contributed by atoms with Crippen LogP contribution in [0.2, 0.25) is 0 Å². The van der Waals surface area contributed by atoms with Crippen molar-refractivity contribution < 1.29 is 64.1 Å². The van der Waals surface area contributed by atoms with Crippen LogP contribution in [-0.2, 0) is 39.3 Å². The molecule has 6 rings (SSSR count). The molecule has 2 aromatic carbocycles. The van der Waals surface area contributed by atoms with Gasteiger partial charge in [-0.05, 0) is 106 Å². The lowest BCUT2D eigenvalue weighted by Gasteiger charge is -2.26. The molecule has 0 unspecified atom stereocenters. The highest BCUT2D eigenvalue weighted by molar-refractivity contribution is 5.89. The summed E-state index contributed by atoms with van der Waals surface area (Å²) in [7, 11) is 0.